The summed E-state index contributed by atoms with van der Waals surface area (Å²) in [5.74, 6) is 0.700. The van der Waals surface area contributed by atoms with E-state index in [1.165, 1.54) is 19.3 Å². The third kappa shape index (κ3) is 2.64. The van der Waals surface area contributed by atoms with Crippen LogP contribution >= 0.6 is 0 Å². The summed E-state index contributed by atoms with van der Waals surface area (Å²) >= 11 is 0. The number of nitrogens with one attached hydrogen (secondary N) is 1. The third-order valence-corrected chi connectivity index (χ3v) is 3.67. The van der Waals surface area contributed by atoms with Crippen molar-refractivity contribution in [2.75, 3.05) is 13.1 Å². The molecule has 2 rings (SSSR count). The Morgan fingerprint density at radius 2 is 1.80 bits per heavy atom. The van der Waals surface area contributed by atoms with E-state index < -0.39 is 0 Å². The van der Waals surface area contributed by atoms with Crippen molar-refractivity contribution >= 4 is 6.03 Å². The summed E-state index contributed by atoms with van der Waals surface area (Å²) in [6.45, 7) is 6.16. The van der Waals surface area contributed by atoms with Gasteiger partial charge in [-0.2, -0.15) is 0 Å². The van der Waals surface area contributed by atoms with Crippen LogP contribution in [0.3, 0.4) is 0 Å². The van der Waals surface area contributed by atoms with Crippen LogP contribution in [-0.4, -0.2) is 29.6 Å². The molecule has 2 fully saturated rings. The Morgan fingerprint density at radius 3 is 2.33 bits per heavy atom. The molecule has 1 aliphatic heterocycles. The highest BCUT2D eigenvalue weighted by atomic mass is 16.2. The van der Waals surface area contributed by atoms with Gasteiger partial charge in [0.2, 0.25) is 0 Å². The van der Waals surface area contributed by atoms with Crippen LogP contribution in [0.2, 0.25) is 0 Å². The summed E-state index contributed by atoms with van der Waals surface area (Å²) in [6.07, 6.45) is 6.14. The molecule has 1 saturated carbocycles. The van der Waals surface area contributed by atoms with Crippen molar-refractivity contribution in [3.63, 3.8) is 0 Å². The minimum absolute atomic E-state index is 0.00543. The monoisotopic (exact) mass is 210 g/mol. The lowest BCUT2D eigenvalue weighted by molar-refractivity contribution is 0.173. The van der Waals surface area contributed by atoms with E-state index in [2.05, 4.69) is 19.2 Å². The van der Waals surface area contributed by atoms with Gasteiger partial charge in [0.25, 0.3) is 0 Å². The summed E-state index contributed by atoms with van der Waals surface area (Å²) in [5, 5.41) is 3.17. The number of hydrogen-bond donors (Lipinski definition) is 1. The molecule has 86 valence electrons. The first kappa shape index (κ1) is 10.8. The van der Waals surface area contributed by atoms with Crippen molar-refractivity contribution in [3.8, 4) is 0 Å². The molecule has 0 bridgehead atoms. The van der Waals surface area contributed by atoms with Crippen LogP contribution in [0.1, 0.15) is 46.0 Å². The Bertz CT molecular complexity index is 240. The fourth-order valence-electron chi connectivity index (χ4n) is 2.36. The maximum absolute atomic E-state index is 12.0. The number of urea groups is 1. The van der Waals surface area contributed by atoms with Crippen LogP contribution in [0, 0.1) is 5.92 Å². The summed E-state index contributed by atoms with van der Waals surface area (Å²) in [6, 6.07) is 0.145. The molecular formula is C12H22N2O. The second-order valence-corrected chi connectivity index (χ2v) is 5.47. The van der Waals surface area contributed by atoms with Gasteiger partial charge >= 0.3 is 6.03 Å². The molecule has 0 spiro atoms. The predicted octanol–water partition coefficient (Wildman–Crippen LogP) is 2.37. The fraction of sp³-hybridized carbons (Fsp3) is 0.917. The number of piperidine rings is 1. The average molecular weight is 210 g/mol. The van der Waals surface area contributed by atoms with E-state index in [1.54, 1.807) is 0 Å². The molecule has 15 heavy (non-hydrogen) atoms. The zero-order valence-electron chi connectivity index (χ0n) is 9.88. The van der Waals surface area contributed by atoms with Crippen molar-refractivity contribution in [3.05, 3.63) is 0 Å². The molecule has 0 atom stereocenters. The van der Waals surface area contributed by atoms with Gasteiger partial charge in [-0.15, -0.1) is 0 Å². The standard InChI is InChI=1S/C12H22N2O/c1-12(2,10-6-7-10)13-11(15)14-8-4-3-5-9-14/h10H,3-9H2,1-2H3,(H,13,15). The number of hydrogen-bond acceptors (Lipinski definition) is 1. The van der Waals surface area contributed by atoms with Gasteiger partial charge in [0.1, 0.15) is 0 Å². The highest BCUT2D eigenvalue weighted by molar-refractivity contribution is 5.75. The average Bonchev–Trinajstić information content (AvgIpc) is 3.01. The van der Waals surface area contributed by atoms with E-state index in [9.17, 15) is 4.79 Å². The van der Waals surface area contributed by atoms with E-state index in [0.29, 0.717) is 5.92 Å². The molecule has 3 nitrogen and oxygen atoms in total. The van der Waals surface area contributed by atoms with Crippen LogP contribution in [0.4, 0.5) is 4.79 Å². The molecule has 3 heteroatoms. The maximum Gasteiger partial charge on any atom is 0.317 e. The van der Waals surface area contributed by atoms with Crippen LogP contribution in [-0.2, 0) is 0 Å². The van der Waals surface area contributed by atoms with Crippen molar-refractivity contribution in [2.24, 2.45) is 5.92 Å². The van der Waals surface area contributed by atoms with Crippen molar-refractivity contribution in [2.45, 2.75) is 51.5 Å². The molecule has 0 unspecified atom stereocenters. The summed E-state index contributed by atoms with van der Waals surface area (Å²) in [5.41, 5.74) is -0.00543. The Morgan fingerprint density at radius 1 is 1.20 bits per heavy atom. The van der Waals surface area contributed by atoms with E-state index in [-0.39, 0.29) is 11.6 Å². The highest BCUT2D eigenvalue weighted by Gasteiger charge is 2.39. The maximum atomic E-state index is 12.0. The van der Waals surface area contributed by atoms with Gasteiger partial charge < -0.3 is 10.2 Å². The van der Waals surface area contributed by atoms with Gasteiger partial charge in [0.05, 0.1) is 0 Å². The van der Waals surface area contributed by atoms with E-state index >= 15 is 0 Å². The van der Waals surface area contributed by atoms with Gasteiger partial charge in [-0.3, -0.25) is 0 Å². The van der Waals surface area contributed by atoms with Gasteiger partial charge in [-0.05, 0) is 51.9 Å². The lowest BCUT2D eigenvalue weighted by Crippen LogP contribution is -2.52. The highest BCUT2D eigenvalue weighted by Crippen LogP contribution is 2.39. The largest absolute Gasteiger partial charge is 0.333 e. The summed E-state index contributed by atoms with van der Waals surface area (Å²) in [7, 11) is 0. The predicted molar refractivity (Wildman–Crippen MR) is 60.8 cm³/mol. The topological polar surface area (TPSA) is 32.3 Å². The molecule has 2 aliphatic rings. The number of rotatable bonds is 2. The third-order valence-electron chi connectivity index (χ3n) is 3.67. The molecule has 2 amide bonds. The number of amides is 2. The number of nitrogens with zero attached hydrogens (tertiary/aromatic N) is 1. The van der Waals surface area contributed by atoms with E-state index in [0.717, 1.165) is 25.9 Å². The molecule has 1 aliphatic carbocycles. The molecule has 0 aromatic heterocycles. The number of carbonyl (C=O) groups excluding carboxylic acids is 1. The minimum Gasteiger partial charge on any atom is -0.333 e. The zero-order valence-corrected chi connectivity index (χ0v) is 9.88. The first-order chi connectivity index (χ1) is 7.09. The fourth-order valence-corrected chi connectivity index (χ4v) is 2.36. The zero-order chi connectivity index (χ0) is 10.9. The normalized spacial score (nSPS) is 22.7. The first-order valence-electron chi connectivity index (χ1n) is 6.17. The smallest absolute Gasteiger partial charge is 0.317 e. The van der Waals surface area contributed by atoms with E-state index in [1.807, 2.05) is 4.90 Å². The molecule has 0 radical (unpaired) electrons. The molecule has 0 aromatic carbocycles. The number of likely N-dealkylation sites (tertiary alicyclic amines) is 1. The van der Waals surface area contributed by atoms with Gasteiger partial charge in [-0.1, -0.05) is 0 Å². The Balaban J connectivity index is 1.84. The summed E-state index contributed by atoms with van der Waals surface area (Å²) < 4.78 is 0. The van der Waals surface area contributed by atoms with Crippen LogP contribution in [0.15, 0.2) is 0 Å². The Hall–Kier alpha value is -0.730. The second-order valence-electron chi connectivity index (χ2n) is 5.47. The Labute approximate surface area is 92.2 Å². The van der Waals surface area contributed by atoms with Crippen LogP contribution in [0.25, 0.3) is 0 Å². The van der Waals surface area contributed by atoms with Gasteiger partial charge in [-0.25, -0.2) is 4.79 Å². The Kier molecular flexibility index (Phi) is 2.89. The molecule has 1 saturated heterocycles. The van der Waals surface area contributed by atoms with Crippen molar-refractivity contribution < 1.29 is 4.79 Å². The lowest BCUT2D eigenvalue weighted by atomic mass is 9.99. The van der Waals surface area contributed by atoms with E-state index in [4.69, 9.17) is 0 Å². The minimum atomic E-state index is -0.00543. The molecular weight excluding hydrogens is 188 g/mol. The SMILES string of the molecule is CC(C)(NC(=O)N1CCCCC1)C1CC1. The van der Waals surface area contributed by atoms with Crippen LogP contribution < -0.4 is 5.32 Å². The molecule has 1 heterocycles. The first-order valence-corrected chi connectivity index (χ1v) is 6.17. The number of carbonyl (C=O) groups is 1. The lowest BCUT2D eigenvalue weighted by Gasteiger charge is -2.33. The van der Waals surface area contributed by atoms with Gasteiger partial charge in [0.15, 0.2) is 0 Å². The quantitative estimate of drug-likeness (QED) is 0.745. The second kappa shape index (κ2) is 4.03. The summed E-state index contributed by atoms with van der Waals surface area (Å²) in [4.78, 5) is 13.9. The molecule has 0 aromatic rings. The molecule has 1 N–H and O–H groups in total. The van der Waals surface area contributed by atoms with Crippen molar-refractivity contribution in [1.82, 2.24) is 10.2 Å². The van der Waals surface area contributed by atoms with Crippen molar-refractivity contribution in [1.29, 1.82) is 0 Å². The van der Waals surface area contributed by atoms with Gasteiger partial charge in [0, 0.05) is 18.6 Å². The van der Waals surface area contributed by atoms with Crippen LogP contribution in [0.5, 0.6) is 0 Å².